The maximum atomic E-state index is 12.6. The molecule has 2 heterocycles. The van der Waals surface area contributed by atoms with Gasteiger partial charge in [0.25, 0.3) is 5.56 Å². The SMILES string of the molecule is CCOc1ccc2nc(NC(=O)Cc3c(C)nc(SCc4ccccc4)[nH]c3=O)sc2c1. The molecule has 2 aromatic heterocycles. The summed E-state index contributed by atoms with van der Waals surface area (Å²) >= 11 is 2.82. The van der Waals surface area contributed by atoms with Crippen LogP contribution in [0.25, 0.3) is 10.2 Å². The number of nitrogens with one attached hydrogen (secondary N) is 2. The Bertz CT molecular complexity index is 1300. The lowest BCUT2D eigenvalue weighted by atomic mass is 10.1. The average molecular weight is 467 g/mol. The number of hydrogen-bond acceptors (Lipinski definition) is 7. The van der Waals surface area contributed by atoms with Crippen LogP contribution in [-0.2, 0) is 17.0 Å². The third-order valence-corrected chi connectivity index (χ3v) is 6.55. The summed E-state index contributed by atoms with van der Waals surface area (Å²) in [7, 11) is 0. The van der Waals surface area contributed by atoms with Gasteiger partial charge in [-0.05, 0) is 37.6 Å². The second-order valence-corrected chi connectivity index (χ2v) is 9.01. The van der Waals surface area contributed by atoms with Crippen molar-refractivity contribution in [2.24, 2.45) is 0 Å². The van der Waals surface area contributed by atoms with Crippen molar-refractivity contribution in [1.82, 2.24) is 15.0 Å². The third-order valence-electron chi connectivity index (χ3n) is 4.67. The number of benzene rings is 2. The highest BCUT2D eigenvalue weighted by atomic mass is 32.2. The Morgan fingerprint density at radius 1 is 1.19 bits per heavy atom. The van der Waals surface area contributed by atoms with Gasteiger partial charge in [-0.2, -0.15) is 0 Å². The molecule has 0 aliphatic heterocycles. The summed E-state index contributed by atoms with van der Waals surface area (Å²) in [6, 6.07) is 15.6. The number of hydrogen-bond donors (Lipinski definition) is 2. The molecule has 164 valence electrons. The molecule has 0 aliphatic rings. The molecule has 0 atom stereocenters. The van der Waals surface area contributed by atoms with E-state index in [4.69, 9.17) is 4.74 Å². The highest BCUT2D eigenvalue weighted by molar-refractivity contribution is 7.98. The molecule has 0 unspecified atom stereocenters. The van der Waals surface area contributed by atoms with Gasteiger partial charge in [-0.25, -0.2) is 9.97 Å². The van der Waals surface area contributed by atoms with E-state index in [2.05, 4.69) is 20.3 Å². The highest BCUT2D eigenvalue weighted by Gasteiger charge is 2.15. The first kappa shape index (κ1) is 22.0. The molecule has 1 amide bonds. The van der Waals surface area contributed by atoms with Crippen molar-refractivity contribution in [3.63, 3.8) is 0 Å². The van der Waals surface area contributed by atoms with Crippen molar-refractivity contribution in [2.75, 3.05) is 11.9 Å². The number of rotatable bonds is 8. The van der Waals surface area contributed by atoms with Crippen LogP contribution in [0.1, 0.15) is 23.7 Å². The number of aromatic amines is 1. The number of amides is 1. The van der Waals surface area contributed by atoms with Crippen LogP contribution in [0.2, 0.25) is 0 Å². The van der Waals surface area contributed by atoms with Gasteiger partial charge in [-0.1, -0.05) is 53.4 Å². The summed E-state index contributed by atoms with van der Waals surface area (Å²) in [4.78, 5) is 36.8. The second kappa shape index (κ2) is 9.97. The molecule has 4 aromatic rings. The first-order valence-corrected chi connectivity index (χ1v) is 11.9. The number of carbonyl (C=O) groups excluding carboxylic acids is 1. The maximum absolute atomic E-state index is 12.6. The second-order valence-electron chi connectivity index (χ2n) is 7.02. The van der Waals surface area contributed by atoms with Crippen molar-refractivity contribution in [1.29, 1.82) is 0 Å². The number of thioether (sulfide) groups is 1. The van der Waals surface area contributed by atoms with E-state index in [0.29, 0.717) is 33.9 Å². The normalized spacial score (nSPS) is 10.9. The Balaban J connectivity index is 1.42. The average Bonchev–Trinajstić information content (AvgIpc) is 3.17. The fourth-order valence-corrected chi connectivity index (χ4v) is 4.90. The number of fused-ring (bicyclic) bond motifs is 1. The van der Waals surface area contributed by atoms with Gasteiger partial charge in [-0.15, -0.1) is 0 Å². The van der Waals surface area contributed by atoms with Crippen LogP contribution in [0.3, 0.4) is 0 Å². The summed E-state index contributed by atoms with van der Waals surface area (Å²) in [5.74, 6) is 1.15. The minimum Gasteiger partial charge on any atom is -0.494 e. The predicted octanol–water partition coefficient (Wildman–Crippen LogP) is 4.56. The van der Waals surface area contributed by atoms with Crippen LogP contribution in [0, 0.1) is 6.92 Å². The summed E-state index contributed by atoms with van der Waals surface area (Å²) in [5, 5.41) is 3.81. The minimum absolute atomic E-state index is 0.0715. The highest BCUT2D eigenvalue weighted by Crippen LogP contribution is 2.29. The minimum atomic E-state index is -0.311. The molecular weight excluding hydrogens is 444 g/mol. The van der Waals surface area contributed by atoms with Crippen molar-refractivity contribution in [2.45, 2.75) is 31.2 Å². The Morgan fingerprint density at radius 3 is 2.75 bits per heavy atom. The molecule has 32 heavy (non-hydrogen) atoms. The zero-order valence-electron chi connectivity index (χ0n) is 17.7. The van der Waals surface area contributed by atoms with Gasteiger partial charge < -0.3 is 15.0 Å². The van der Waals surface area contributed by atoms with Gasteiger partial charge in [-0.3, -0.25) is 9.59 Å². The summed E-state index contributed by atoms with van der Waals surface area (Å²) in [6.45, 7) is 4.26. The standard InChI is InChI=1S/C23H22N4O3S2/c1-3-30-16-9-10-18-19(11-16)32-23(25-18)26-20(28)12-17-14(2)24-22(27-21(17)29)31-13-15-7-5-4-6-8-15/h4-11H,3,12-13H2,1-2H3,(H,24,27,29)(H,25,26,28). The molecule has 2 aromatic carbocycles. The van der Waals surface area contributed by atoms with Crippen molar-refractivity contribution in [3.8, 4) is 5.75 Å². The first-order chi connectivity index (χ1) is 15.5. The number of anilines is 1. The van der Waals surface area contributed by atoms with E-state index < -0.39 is 0 Å². The van der Waals surface area contributed by atoms with Gasteiger partial charge in [0, 0.05) is 17.0 Å². The first-order valence-electron chi connectivity index (χ1n) is 10.1. The number of H-pyrrole nitrogens is 1. The van der Waals surface area contributed by atoms with E-state index in [1.165, 1.54) is 23.1 Å². The number of thiazole rings is 1. The predicted molar refractivity (Wildman–Crippen MR) is 129 cm³/mol. The van der Waals surface area contributed by atoms with E-state index in [0.717, 1.165) is 21.5 Å². The number of aryl methyl sites for hydroxylation is 1. The topological polar surface area (TPSA) is 97.0 Å². The van der Waals surface area contributed by atoms with Gasteiger partial charge in [0.05, 0.1) is 23.2 Å². The molecule has 0 bridgehead atoms. The zero-order chi connectivity index (χ0) is 22.5. The number of ether oxygens (including phenoxy) is 1. The molecular formula is C23H22N4O3S2. The molecule has 0 spiro atoms. The van der Waals surface area contributed by atoms with Crippen molar-refractivity contribution in [3.05, 3.63) is 75.7 Å². The summed E-state index contributed by atoms with van der Waals surface area (Å²) in [6.07, 6.45) is -0.0715. The van der Waals surface area contributed by atoms with E-state index >= 15 is 0 Å². The molecule has 7 nitrogen and oxygen atoms in total. The molecule has 0 fully saturated rings. The molecule has 9 heteroatoms. The zero-order valence-corrected chi connectivity index (χ0v) is 19.3. The monoisotopic (exact) mass is 466 g/mol. The lowest BCUT2D eigenvalue weighted by Crippen LogP contribution is -2.23. The van der Waals surface area contributed by atoms with Gasteiger partial charge in [0.15, 0.2) is 10.3 Å². The van der Waals surface area contributed by atoms with E-state index in [-0.39, 0.29) is 17.9 Å². The lowest BCUT2D eigenvalue weighted by molar-refractivity contribution is -0.115. The Hall–Kier alpha value is -3.17. The van der Waals surface area contributed by atoms with Crippen LogP contribution in [0.5, 0.6) is 5.75 Å². The summed E-state index contributed by atoms with van der Waals surface area (Å²) < 4.78 is 6.42. The van der Waals surface area contributed by atoms with E-state index in [1.54, 1.807) is 6.92 Å². The van der Waals surface area contributed by atoms with Gasteiger partial charge >= 0.3 is 0 Å². The largest absolute Gasteiger partial charge is 0.494 e. The van der Waals surface area contributed by atoms with Crippen LogP contribution in [0.4, 0.5) is 5.13 Å². The van der Waals surface area contributed by atoms with Gasteiger partial charge in [0.2, 0.25) is 5.91 Å². The molecule has 0 aliphatic carbocycles. The quantitative estimate of drug-likeness (QED) is 0.292. The number of nitrogens with zero attached hydrogens (tertiary/aromatic N) is 2. The smallest absolute Gasteiger partial charge is 0.255 e. The Labute approximate surface area is 193 Å². The number of aromatic nitrogens is 3. The molecule has 2 N–H and O–H groups in total. The maximum Gasteiger partial charge on any atom is 0.255 e. The van der Waals surface area contributed by atoms with Crippen molar-refractivity contribution >= 4 is 44.4 Å². The Morgan fingerprint density at radius 2 is 2.00 bits per heavy atom. The molecule has 0 saturated heterocycles. The fourth-order valence-electron chi connectivity index (χ4n) is 3.13. The van der Waals surface area contributed by atoms with Crippen LogP contribution >= 0.6 is 23.1 Å². The lowest BCUT2D eigenvalue weighted by Gasteiger charge is -2.07. The number of carbonyl (C=O) groups is 1. The van der Waals surface area contributed by atoms with Crippen LogP contribution < -0.4 is 15.6 Å². The summed E-state index contributed by atoms with van der Waals surface area (Å²) in [5.41, 5.74) is 2.53. The molecule has 4 rings (SSSR count). The van der Waals surface area contributed by atoms with Crippen LogP contribution in [-0.4, -0.2) is 27.5 Å². The third kappa shape index (κ3) is 5.35. The van der Waals surface area contributed by atoms with E-state index in [1.807, 2.05) is 55.5 Å². The van der Waals surface area contributed by atoms with E-state index in [9.17, 15) is 9.59 Å². The van der Waals surface area contributed by atoms with Gasteiger partial charge in [0.1, 0.15) is 5.75 Å². The van der Waals surface area contributed by atoms with Crippen LogP contribution in [0.15, 0.2) is 58.5 Å². The molecule has 0 saturated carbocycles. The Kier molecular flexibility index (Phi) is 6.87. The van der Waals surface area contributed by atoms with Crippen molar-refractivity contribution < 1.29 is 9.53 Å². The molecule has 0 radical (unpaired) electrons. The fraction of sp³-hybridized carbons (Fsp3) is 0.217.